The average Bonchev–Trinajstić information content (AvgIpc) is 2.46. The van der Waals surface area contributed by atoms with Crippen molar-refractivity contribution in [3.8, 4) is 6.07 Å². The molecule has 2 aromatic carbocycles. The van der Waals surface area contributed by atoms with Gasteiger partial charge in [-0.3, -0.25) is 14.9 Å². The topological polar surface area (TPSA) is 84.0 Å². The van der Waals surface area contributed by atoms with Gasteiger partial charge in [-0.25, -0.2) is 0 Å². The molecule has 0 saturated carbocycles. The number of hydrogen-bond acceptors (Lipinski definition) is 4. The smallest absolute Gasteiger partial charge is 0.287 e. The monoisotopic (exact) mass is 252 g/mol. The normalized spacial score (nSPS) is 9.63. The molecule has 0 fully saturated rings. The van der Waals surface area contributed by atoms with Crippen LogP contribution in [0.25, 0.3) is 0 Å². The molecule has 0 atom stereocenters. The molecular weight excluding hydrogens is 244 g/mol. The Morgan fingerprint density at radius 3 is 2.37 bits per heavy atom. The van der Waals surface area contributed by atoms with Crippen molar-refractivity contribution < 1.29 is 9.72 Å². The zero-order valence-electron chi connectivity index (χ0n) is 9.74. The number of rotatable bonds is 3. The lowest BCUT2D eigenvalue weighted by Gasteiger charge is -2.02. The maximum Gasteiger partial charge on any atom is 0.287 e. The highest BCUT2D eigenvalue weighted by Crippen LogP contribution is 2.20. The minimum Gasteiger partial charge on any atom is -0.289 e. The first kappa shape index (κ1) is 12.5. The van der Waals surface area contributed by atoms with E-state index in [9.17, 15) is 14.9 Å². The van der Waals surface area contributed by atoms with Gasteiger partial charge in [-0.1, -0.05) is 30.3 Å². The van der Waals surface area contributed by atoms with Gasteiger partial charge in [-0.05, 0) is 12.1 Å². The third kappa shape index (κ3) is 2.48. The minimum absolute atomic E-state index is 0.119. The molecule has 0 aliphatic carbocycles. The first-order chi connectivity index (χ1) is 9.13. The Balaban J connectivity index is 2.46. The molecule has 0 unspecified atom stereocenters. The van der Waals surface area contributed by atoms with Gasteiger partial charge < -0.3 is 0 Å². The fourth-order valence-corrected chi connectivity index (χ4v) is 1.68. The molecule has 19 heavy (non-hydrogen) atoms. The van der Waals surface area contributed by atoms with E-state index in [1.807, 2.05) is 0 Å². The quantitative estimate of drug-likeness (QED) is 0.477. The fourth-order valence-electron chi connectivity index (χ4n) is 1.68. The third-order valence-electron chi connectivity index (χ3n) is 2.61. The van der Waals surface area contributed by atoms with Gasteiger partial charge in [0, 0.05) is 17.2 Å². The molecule has 0 bridgehead atoms. The molecule has 0 aliphatic heterocycles. The highest BCUT2D eigenvalue weighted by atomic mass is 16.6. The predicted octanol–water partition coefficient (Wildman–Crippen LogP) is 2.70. The number of carbonyl (C=O) groups excluding carboxylic acids is 1. The fraction of sp³-hybridized carbons (Fsp3) is 0. The minimum atomic E-state index is -0.644. The highest BCUT2D eigenvalue weighted by Gasteiger charge is 2.17. The maximum atomic E-state index is 12.1. The summed E-state index contributed by atoms with van der Waals surface area (Å²) in [5, 5.41) is 19.6. The second-order valence-corrected chi connectivity index (χ2v) is 3.80. The second-order valence-electron chi connectivity index (χ2n) is 3.80. The lowest BCUT2D eigenvalue weighted by atomic mass is 10.0. The molecule has 0 aliphatic rings. The molecular formula is C14H8N2O3. The largest absolute Gasteiger partial charge is 0.289 e. The number of nitriles is 1. The Morgan fingerprint density at radius 2 is 1.79 bits per heavy atom. The Labute approximate surface area is 108 Å². The number of carbonyl (C=O) groups is 1. The summed E-state index contributed by atoms with van der Waals surface area (Å²) in [6, 6.07) is 14.0. The van der Waals surface area contributed by atoms with Crippen molar-refractivity contribution in [2.75, 3.05) is 0 Å². The van der Waals surface area contributed by atoms with Crippen LogP contribution in [-0.4, -0.2) is 10.7 Å². The summed E-state index contributed by atoms with van der Waals surface area (Å²) in [7, 11) is 0. The summed E-state index contributed by atoms with van der Waals surface area (Å²) < 4.78 is 0. The zero-order valence-corrected chi connectivity index (χ0v) is 9.74. The lowest BCUT2D eigenvalue weighted by Crippen LogP contribution is -2.02. The first-order valence-electron chi connectivity index (χ1n) is 5.42. The SMILES string of the molecule is N#Cc1cc(C(=O)c2ccccc2)ccc1[N+](=O)[O-]. The van der Waals surface area contributed by atoms with Crippen LogP contribution in [-0.2, 0) is 0 Å². The lowest BCUT2D eigenvalue weighted by molar-refractivity contribution is -0.385. The molecule has 0 saturated heterocycles. The van der Waals surface area contributed by atoms with Gasteiger partial charge >= 0.3 is 0 Å². The standard InChI is InChI=1S/C14H8N2O3/c15-9-12-8-11(6-7-13(12)16(18)19)14(17)10-4-2-1-3-5-10/h1-8H. The van der Waals surface area contributed by atoms with Crippen LogP contribution in [0.4, 0.5) is 5.69 Å². The van der Waals surface area contributed by atoms with Gasteiger partial charge in [-0.15, -0.1) is 0 Å². The Bertz CT molecular complexity index is 688. The van der Waals surface area contributed by atoms with Gasteiger partial charge in [0.1, 0.15) is 11.6 Å². The molecule has 2 rings (SSSR count). The molecule has 0 aromatic heterocycles. The van der Waals surface area contributed by atoms with Crippen molar-refractivity contribution in [1.29, 1.82) is 5.26 Å². The molecule has 5 heteroatoms. The number of nitrogens with zero attached hydrogens (tertiary/aromatic N) is 2. The summed E-state index contributed by atoms with van der Waals surface area (Å²) in [6.07, 6.45) is 0. The van der Waals surface area contributed by atoms with E-state index in [0.717, 1.165) is 0 Å². The van der Waals surface area contributed by atoms with Crippen LogP contribution >= 0.6 is 0 Å². The second kappa shape index (κ2) is 5.10. The van der Waals surface area contributed by atoms with Crippen molar-refractivity contribution >= 4 is 11.5 Å². The molecule has 0 N–H and O–H groups in total. The zero-order chi connectivity index (χ0) is 13.8. The summed E-state index contributed by atoms with van der Waals surface area (Å²) in [4.78, 5) is 22.2. The van der Waals surface area contributed by atoms with Crippen molar-refractivity contribution in [2.45, 2.75) is 0 Å². The molecule has 5 nitrogen and oxygen atoms in total. The van der Waals surface area contributed by atoms with Gasteiger partial charge in [0.2, 0.25) is 0 Å². The van der Waals surface area contributed by atoms with E-state index in [1.54, 1.807) is 36.4 Å². The summed E-state index contributed by atoms with van der Waals surface area (Å²) >= 11 is 0. The van der Waals surface area contributed by atoms with Gasteiger partial charge in [0.25, 0.3) is 5.69 Å². The van der Waals surface area contributed by atoms with Crippen LogP contribution in [0.1, 0.15) is 21.5 Å². The summed E-state index contributed by atoms with van der Waals surface area (Å²) in [5.74, 6) is -0.271. The highest BCUT2D eigenvalue weighted by molar-refractivity contribution is 6.09. The predicted molar refractivity (Wildman–Crippen MR) is 67.7 cm³/mol. The summed E-state index contributed by atoms with van der Waals surface area (Å²) in [5.41, 5.74) is 0.312. The molecule has 92 valence electrons. The molecule has 2 aromatic rings. The Hall–Kier alpha value is -3.00. The molecule has 0 radical (unpaired) electrons. The first-order valence-corrected chi connectivity index (χ1v) is 5.42. The number of hydrogen-bond donors (Lipinski definition) is 0. The van der Waals surface area contributed by atoms with E-state index >= 15 is 0 Å². The van der Waals surface area contributed by atoms with Crippen molar-refractivity contribution in [3.63, 3.8) is 0 Å². The van der Waals surface area contributed by atoms with Crippen LogP contribution < -0.4 is 0 Å². The van der Waals surface area contributed by atoms with E-state index in [4.69, 9.17) is 5.26 Å². The Kier molecular flexibility index (Phi) is 3.35. The van der Waals surface area contributed by atoms with E-state index in [2.05, 4.69) is 0 Å². The summed E-state index contributed by atoms with van der Waals surface area (Å²) in [6.45, 7) is 0. The Morgan fingerprint density at radius 1 is 1.11 bits per heavy atom. The average molecular weight is 252 g/mol. The van der Waals surface area contributed by atoms with Crippen LogP contribution in [0, 0.1) is 21.4 Å². The van der Waals surface area contributed by atoms with Crippen LogP contribution in [0.2, 0.25) is 0 Å². The molecule has 0 amide bonds. The van der Waals surface area contributed by atoms with Crippen LogP contribution in [0.3, 0.4) is 0 Å². The van der Waals surface area contributed by atoms with E-state index < -0.39 is 4.92 Å². The van der Waals surface area contributed by atoms with Crippen molar-refractivity contribution in [1.82, 2.24) is 0 Å². The van der Waals surface area contributed by atoms with Gasteiger partial charge in [0.15, 0.2) is 5.78 Å². The number of nitro benzene ring substituents is 1. The van der Waals surface area contributed by atoms with E-state index in [-0.39, 0.29) is 22.6 Å². The molecule has 0 spiro atoms. The third-order valence-corrected chi connectivity index (χ3v) is 2.61. The number of benzene rings is 2. The van der Waals surface area contributed by atoms with Crippen LogP contribution in [0.5, 0.6) is 0 Å². The van der Waals surface area contributed by atoms with Gasteiger partial charge in [0.05, 0.1) is 4.92 Å². The number of ketones is 1. The van der Waals surface area contributed by atoms with E-state index in [0.29, 0.717) is 5.56 Å². The van der Waals surface area contributed by atoms with E-state index in [1.165, 1.54) is 18.2 Å². The maximum absolute atomic E-state index is 12.1. The van der Waals surface area contributed by atoms with Crippen molar-refractivity contribution in [2.24, 2.45) is 0 Å². The van der Waals surface area contributed by atoms with Gasteiger partial charge in [-0.2, -0.15) is 5.26 Å². The molecule has 0 heterocycles. The van der Waals surface area contributed by atoms with Crippen LogP contribution in [0.15, 0.2) is 48.5 Å². The van der Waals surface area contributed by atoms with Crippen molar-refractivity contribution in [3.05, 3.63) is 75.3 Å². The number of nitro groups is 1.